The van der Waals surface area contributed by atoms with Crippen molar-refractivity contribution < 1.29 is 9.53 Å². The maximum absolute atomic E-state index is 11.8. The molecule has 106 valence electrons. The van der Waals surface area contributed by atoms with Gasteiger partial charge < -0.3 is 15.0 Å². The number of methoxy groups -OCH3 is 1. The highest BCUT2D eigenvalue weighted by Crippen LogP contribution is 2.31. The quantitative estimate of drug-likeness (QED) is 0.759. The Balaban J connectivity index is 2.63. The number of likely N-dealkylation sites (tertiary alicyclic amines) is 1. The second kappa shape index (κ2) is 5.57. The van der Waals surface area contributed by atoms with Gasteiger partial charge in [-0.15, -0.1) is 0 Å². The van der Waals surface area contributed by atoms with Gasteiger partial charge in [0.2, 0.25) is 0 Å². The van der Waals surface area contributed by atoms with E-state index in [1.54, 1.807) is 0 Å². The smallest absolute Gasteiger partial charge is 0.325 e. The van der Waals surface area contributed by atoms with Crippen LogP contribution in [0.1, 0.15) is 40.5 Å². The van der Waals surface area contributed by atoms with E-state index in [4.69, 9.17) is 4.74 Å². The predicted molar refractivity (Wildman–Crippen MR) is 73.5 cm³/mol. The lowest BCUT2D eigenvalue weighted by Gasteiger charge is -2.34. The molecule has 0 aromatic heterocycles. The molecular weight excluding hydrogens is 228 g/mol. The van der Waals surface area contributed by atoms with E-state index >= 15 is 0 Å². The van der Waals surface area contributed by atoms with Gasteiger partial charge in [0.1, 0.15) is 5.54 Å². The molecule has 0 saturated carbocycles. The van der Waals surface area contributed by atoms with Crippen LogP contribution in [0.5, 0.6) is 0 Å². The van der Waals surface area contributed by atoms with Crippen LogP contribution in [-0.2, 0) is 9.53 Å². The lowest BCUT2D eigenvalue weighted by Crippen LogP contribution is -2.52. The van der Waals surface area contributed by atoms with Crippen molar-refractivity contribution >= 4 is 5.97 Å². The summed E-state index contributed by atoms with van der Waals surface area (Å²) in [6.45, 7) is 10.9. The zero-order chi connectivity index (χ0) is 14.0. The maximum Gasteiger partial charge on any atom is 0.325 e. The average molecular weight is 256 g/mol. The number of hydrogen-bond donors (Lipinski definition) is 1. The van der Waals surface area contributed by atoms with Gasteiger partial charge in [0, 0.05) is 12.6 Å². The molecule has 1 N–H and O–H groups in total. The third-order valence-electron chi connectivity index (χ3n) is 4.22. The van der Waals surface area contributed by atoms with E-state index in [-0.39, 0.29) is 5.97 Å². The molecule has 1 saturated heterocycles. The predicted octanol–water partition coefficient (Wildman–Crippen LogP) is 1.65. The Morgan fingerprint density at radius 2 is 2.17 bits per heavy atom. The monoisotopic (exact) mass is 256 g/mol. The van der Waals surface area contributed by atoms with Crippen molar-refractivity contribution in [2.45, 2.75) is 52.1 Å². The molecule has 0 aromatic carbocycles. The molecule has 2 unspecified atom stereocenters. The molecule has 1 fully saturated rings. The number of esters is 1. The van der Waals surface area contributed by atoms with E-state index < -0.39 is 5.54 Å². The molecule has 1 rings (SSSR count). The first-order valence-electron chi connectivity index (χ1n) is 6.75. The normalized spacial score (nSPS) is 24.6. The van der Waals surface area contributed by atoms with E-state index in [0.29, 0.717) is 11.5 Å². The number of carbonyl (C=O) groups is 1. The van der Waals surface area contributed by atoms with E-state index in [2.05, 4.69) is 31.0 Å². The molecule has 1 aliphatic rings. The fraction of sp³-hybridized carbons (Fsp3) is 0.929. The Labute approximate surface area is 111 Å². The zero-order valence-electron chi connectivity index (χ0n) is 12.7. The molecule has 18 heavy (non-hydrogen) atoms. The second-order valence-corrected chi connectivity index (χ2v) is 6.51. The summed E-state index contributed by atoms with van der Waals surface area (Å²) in [5.41, 5.74) is -0.198. The van der Waals surface area contributed by atoms with Crippen LogP contribution in [0.15, 0.2) is 0 Å². The van der Waals surface area contributed by atoms with Crippen molar-refractivity contribution in [2.24, 2.45) is 5.41 Å². The number of nitrogens with zero attached hydrogens (tertiary/aromatic N) is 1. The topological polar surface area (TPSA) is 41.6 Å². The van der Waals surface area contributed by atoms with Crippen LogP contribution in [-0.4, -0.2) is 49.7 Å². The van der Waals surface area contributed by atoms with Gasteiger partial charge in [0.05, 0.1) is 7.11 Å². The fourth-order valence-electron chi connectivity index (χ4n) is 2.76. The lowest BCUT2D eigenvalue weighted by atomic mass is 9.92. The van der Waals surface area contributed by atoms with Gasteiger partial charge in [-0.3, -0.25) is 4.79 Å². The first kappa shape index (κ1) is 15.4. The molecule has 0 radical (unpaired) electrons. The number of hydrogen-bond acceptors (Lipinski definition) is 4. The molecule has 0 bridgehead atoms. The standard InChI is InChI=1S/C14H28N2O2/c1-11(16-8-7-13(2,3)10-16)9-14(4,15-5)12(17)18-6/h11,15H,7-10H2,1-6H3. The molecule has 0 aliphatic carbocycles. The van der Waals surface area contributed by atoms with E-state index in [1.807, 2.05) is 14.0 Å². The molecular formula is C14H28N2O2. The highest BCUT2D eigenvalue weighted by atomic mass is 16.5. The van der Waals surface area contributed by atoms with E-state index in [0.717, 1.165) is 19.5 Å². The van der Waals surface area contributed by atoms with Gasteiger partial charge in [0.25, 0.3) is 0 Å². The van der Waals surface area contributed by atoms with Crippen molar-refractivity contribution in [3.05, 3.63) is 0 Å². The summed E-state index contributed by atoms with van der Waals surface area (Å²) in [6.07, 6.45) is 2.00. The molecule has 4 nitrogen and oxygen atoms in total. The summed E-state index contributed by atoms with van der Waals surface area (Å²) in [4.78, 5) is 14.3. The van der Waals surface area contributed by atoms with Crippen molar-refractivity contribution in [2.75, 3.05) is 27.2 Å². The average Bonchev–Trinajstić information content (AvgIpc) is 2.68. The van der Waals surface area contributed by atoms with Gasteiger partial charge in [-0.2, -0.15) is 0 Å². The summed E-state index contributed by atoms with van der Waals surface area (Å²) in [5.74, 6) is -0.185. The minimum atomic E-state index is -0.596. The Morgan fingerprint density at radius 3 is 2.56 bits per heavy atom. The molecule has 0 aromatic rings. The van der Waals surface area contributed by atoms with Gasteiger partial charge >= 0.3 is 5.97 Å². The number of nitrogens with one attached hydrogen (secondary N) is 1. The van der Waals surface area contributed by atoms with Crippen LogP contribution in [0.3, 0.4) is 0 Å². The van der Waals surface area contributed by atoms with Crippen molar-refractivity contribution in [1.82, 2.24) is 10.2 Å². The van der Waals surface area contributed by atoms with Gasteiger partial charge in [-0.05, 0) is 45.7 Å². The first-order chi connectivity index (χ1) is 8.24. The lowest BCUT2D eigenvalue weighted by molar-refractivity contribution is -0.148. The van der Waals surface area contributed by atoms with Crippen LogP contribution >= 0.6 is 0 Å². The van der Waals surface area contributed by atoms with E-state index in [1.165, 1.54) is 13.5 Å². The number of rotatable bonds is 5. The van der Waals surface area contributed by atoms with Gasteiger partial charge in [-0.25, -0.2) is 0 Å². The van der Waals surface area contributed by atoms with Crippen molar-refractivity contribution in [1.29, 1.82) is 0 Å². The van der Waals surface area contributed by atoms with Crippen molar-refractivity contribution in [3.8, 4) is 0 Å². The molecule has 1 heterocycles. The summed E-state index contributed by atoms with van der Waals surface area (Å²) >= 11 is 0. The number of carbonyl (C=O) groups excluding carboxylic acids is 1. The first-order valence-corrected chi connectivity index (χ1v) is 6.75. The Morgan fingerprint density at radius 1 is 1.56 bits per heavy atom. The summed E-state index contributed by atoms with van der Waals surface area (Å²) < 4.78 is 4.89. The van der Waals surface area contributed by atoms with E-state index in [9.17, 15) is 4.79 Å². The van der Waals surface area contributed by atoms with Crippen LogP contribution in [0.4, 0.5) is 0 Å². The van der Waals surface area contributed by atoms with Crippen LogP contribution in [0.2, 0.25) is 0 Å². The molecule has 2 atom stereocenters. The highest BCUT2D eigenvalue weighted by molar-refractivity contribution is 5.80. The third-order valence-corrected chi connectivity index (χ3v) is 4.22. The number of likely N-dealkylation sites (N-methyl/N-ethyl adjacent to an activating group) is 1. The minimum absolute atomic E-state index is 0.185. The summed E-state index contributed by atoms with van der Waals surface area (Å²) in [7, 11) is 3.26. The SMILES string of the molecule is CNC(C)(CC(C)N1CCC(C)(C)C1)C(=O)OC. The van der Waals surface area contributed by atoms with Crippen LogP contribution in [0.25, 0.3) is 0 Å². The molecule has 0 amide bonds. The fourth-order valence-corrected chi connectivity index (χ4v) is 2.76. The third kappa shape index (κ3) is 3.45. The maximum atomic E-state index is 11.8. The summed E-state index contributed by atoms with van der Waals surface area (Å²) in [6, 6.07) is 0.378. The Bertz CT molecular complexity index is 304. The Kier molecular flexibility index (Phi) is 4.78. The van der Waals surface area contributed by atoms with Gasteiger partial charge in [0.15, 0.2) is 0 Å². The van der Waals surface area contributed by atoms with Crippen LogP contribution < -0.4 is 5.32 Å². The molecule has 4 heteroatoms. The molecule has 0 spiro atoms. The van der Waals surface area contributed by atoms with Crippen molar-refractivity contribution in [3.63, 3.8) is 0 Å². The number of ether oxygens (including phenoxy) is 1. The Hall–Kier alpha value is -0.610. The molecule has 1 aliphatic heterocycles. The second-order valence-electron chi connectivity index (χ2n) is 6.51. The largest absolute Gasteiger partial charge is 0.468 e. The minimum Gasteiger partial charge on any atom is -0.468 e. The van der Waals surface area contributed by atoms with Gasteiger partial charge in [-0.1, -0.05) is 13.8 Å². The van der Waals surface area contributed by atoms with Crippen LogP contribution in [0, 0.1) is 5.41 Å². The zero-order valence-corrected chi connectivity index (χ0v) is 12.7. The highest BCUT2D eigenvalue weighted by Gasteiger charge is 2.38. The summed E-state index contributed by atoms with van der Waals surface area (Å²) in [5, 5.41) is 3.10.